The lowest BCUT2D eigenvalue weighted by Crippen LogP contribution is -2.43. The van der Waals surface area contributed by atoms with Crippen LogP contribution < -0.4 is 15.4 Å². The molecule has 1 heterocycles. The number of rotatable bonds is 5. The molecule has 0 aliphatic carbocycles. The highest BCUT2D eigenvalue weighted by Crippen LogP contribution is 2.12. The molecule has 0 bridgehead atoms. The van der Waals surface area contributed by atoms with Gasteiger partial charge in [-0.25, -0.2) is 13.2 Å². The van der Waals surface area contributed by atoms with Crippen molar-refractivity contribution in [1.82, 2.24) is 10.6 Å². The summed E-state index contributed by atoms with van der Waals surface area (Å²) in [5, 5.41) is 5.31. The van der Waals surface area contributed by atoms with Gasteiger partial charge in [0.05, 0.1) is 18.1 Å². The molecular formula is C14H20N2O4S. The van der Waals surface area contributed by atoms with Crippen LogP contribution in [0.1, 0.15) is 12.0 Å². The Morgan fingerprint density at radius 2 is 2.24 bits per heavy atom. The van der Waals surface area contributed by atoms with Crippen LogP contribution in [0, 0.1) is 6.92 Å². The third-order valence-corrected chi connectivity index (χ3v) is 4.98. The summed E-state index contributed by atoms with van der Waals surface area (Å²) < 4.78 is 28.1. The van der Waals surface area contributed by atoms with Gasteiger partial charge in [-0.1, -0.05) is 12.1 Å². The number of sulfone groups is 1. The van der Waals surface area contributed by atoms with Crippen LogP contribution in [-0.2, 0) is 9.84 Å². The summed E-state index contributed by atoms with van der Waals surface area (Å²) in [5.74, 6) is 0.938. The molecule has 1 fully saturated rings. The lowest BCUT2D eigenvalue weighted by atomic mass is 10.2. The highest BCUT2D eigenvalue weighted by molar-refractivity contribution is 7.91. The van der Waals surface area contributed by atoms with Gasteiger partial charge in [0.15, 0.2) is 9.84 Å². The van der Waals surface area contributed by atoms with Gasteiger partial charge in [0, 0.05) is 6.04 Å². The number of hydrogen-bond acceptors (Lipinski definition) is 4. The molecule has 6 nitrogen and oxygen atoms in total. The minimum absolute atomic E-state index is 0.0280. The molecular weight excluding hydrogens is 292 g/mol. The van der Waals surface area contributed by atoms with E-state index in [4.69, 9.17) is 4.74 Å². The Kier molecular flexibility index (Phi) is 5.06. The summed E-state index contributed by atoms with van der Waals surface area (Å²) in [4.78, 5) is 11.6. The summed E-state index contributed by atoms with van der Waals surface area (Å²) in [7, 11) is -2.97. The van der Waals surface area contributed by atoms with Crippen molar-refractivity contribution in [2.24, 2.45) is 0 Å². The highest BCUT2D eigenvalue weighted by Gasteiger charge is 2.28. The van der Waals surface area contributed by atoms with Gasteiger partial charge in [0.25, 0.3) is 0 Å². The van der Waals surface area contributed by atoms with Crippen molar-refractivity contribution >= 4 is 15.9 Å². The Morgan fingerprint density at radius 3 is 2.90 bits per heavy atom. The molecule has 7 heteroatoms. The predicted octanol–water partition coefficient (Wildman–Crippen LogP) is 0.860. The van der Waals surface area contributed by atoms with Gasteiger partial charge in [0.1, 0.15) is 12.4 Å². The highest BCUT2D eigenvalue weighted by atomic mass is 32.2. The van der Waals surface area contributed by atoms with Crippen LogP contribution >= 0.6 is 0 Å². The minimum Gasteiger partial charge on any atom is -0.492 e. The van der Waals surface area contributed by atoms with Crippen molar-refractivity contribution in [1.29, 1.82) is 0 Å². The van der Waals surface area contributed by atoms with Crippen LogP contribution in [0.2, 0.25) is 0 Å². The first-order valence-electron chi connectivity index (χ1n) is 6.89. The van der Waals surface area contributed by atoms with Crippen LogP contribution in [0.5, 0.6) is 5.75 Å². The Bertz CT molecular complexity index is 601. The summed E-state index contributed by atoms with van der Waals surface area (Å²) >= 11 is 0. The molecule has 1 aliphatic rings. The fraction of sp³-hybridized carbons (Fsp3) is 0.500. The predicted molar refractivity (Wildman–Crippen MR) is 80.3 cm³/mol. The monoisotopic (exact) mass is 312 g/mol. The number of nitrogens with one attached hydrogen (secondary N) is 2. The zero-order valence-corrected chi connectivity index (χ0v) is 12.8. The number of aryl methyl sites for hydroxylation is 1. The van der Waals surface area contributed by atoms with Crippen molar-refractivity contribution in [2.45, 2.75) is 19.4 Å². The molecule has 1 aromatic carbocycles. The Morgan fingerprint density at radius 1 is 1.43 bits per heavy atom. The van der Waals surface area contributed by atoms with E-state index in [1.165, 1.54) is 0 Å². The summed E-state index contributed by atoms with van der Waals surface area (Å²) in [5.41, 5.74) is 1.11. The maximum absolute atomic E-state index is 11.6. The van der Waals surface area contributed by atoms with Gasteiger partial charge >= 0.3 is 6.03 Å². The van der Waals surface area contributed by atoms with E-state index < -0.39 is 9.84 Å². The van der Waals surface area contributed by atoms with Gasteiger partial charge in [-0.05, 0) is 31.0 Å². The number of urea groups is 1. The largest absolute Gasteiger partial charge is 0.492 e. The first kappa shape index (κ1) is 15.6. The summed E-state index contributed by atoms with van der Waals surface area (Å²) in [6.45, 7) is 2.70. The smallest absolute Gasteiger partial charge is 0.315 e. The summed E-state index contributed by atoms with van der Waals surface area (Å²) in [6.07, 6.45) is 0.482. The topological polar surface area (TPSA) is 84.5 Å². The van der Waals surface area contributed by atoms with Gasteiger partial charge in [-0.2, -0.15) is 0 Å². The molecule has 1 aromatic rings. The van der Waals surface area contributed by atoms with E-state index in [1.54, 1.807) is 0 Å². The van der Waals surface area contributed by atoms with Gasteiger partial charge in [0.2, 0.25) is 0 Å². The van der Waals surface area contributed by atoms with Gasteiger partial charge < -0.3 is 15.4 Å². The van der Waals surface area contributed by atoms with Crippen LogP contribution in [0.4, 0.5) is 4.79 Å². The average molecular weight is 312 g/mol. The normalized spacial score (nSPS) is 20.0. The second kappa shape index (κ2) is 6.80. The second-order valence-electron chi connectivity index (χ2n) is 5.17. The molecule has 0 spiro atoms. The third-order valence-electron chi connectivity index (χ3n) is 3.21. The molecule has 2 rings (SSSR count). The van der Waals surface area contributed by atoms with Crippen molar-refractivity contribution < 1.29 is 17.9 Å². The Balaban J connectivity index is 1.64. The van der Waals surface area contributed by atoms with E-state index in [-0.39, 0.29) is 23.6 Å². The standard InChI is InChI=1S/C14H20N2O4S/c1-11-3-2-4-13(9-11)20-7-6-15-14(17)16-12-5-8-21(18,19)10-12/h2-4,9,12H,5-8,10H2,1H3,(H2,15,16,17). The molecule has 2 N–H and O–H groups in total. The Hall–Kier alpha value is -1.76. The molecule has 2 amide bonds. The van der Waals surface area contributed by atoms with Crippen molar-refractivity contribution in [2.75, 3.05) is 24.7 Å². The molecule has 21 heavy (non-hydrogen) atoms. The number of amides is 2. The van der Waals surface area contributed by atoms with Crippen LogP contribution in [-0.4, -0.2) is 45.1 Å². The first-order valence-corrected chi connectivity index (χ1v) is 8.71. The molecule has 0 saturated carbocycles. The van der Waals surface area contributed by atoms with Crippen molar-refractivity contribution in [3.05, 3.63) is 29.8 Å². The fourth-order valence-electron chi connectivity index (χ4n) is 2.18. The van der Waals surface area contributed by atoms with Crippen LogP contribution in [0.15, 0.2) is 24.3 Å². The SMILES string of the molecule is Cc1cccc(OCCNC(=O)NC2CCS(=O)(=O)C2)c1. The number of carbonyl (C=O) groups is 1. The van der Waals surface area contributed by atoms with E-state index in [0.29, 0.717) is 19.6 Å². The molecule has 1 atom stereocenters. The first-order chi connectivity index (χ1) is 9.94. The lowest BCUT2D eigenvalue weighted by molar-refractivity contribution is 0.233. The van der Waals surface area contributed by atoms with E-state index in [1.807, 2.05) is 31.2 Å². The summed E-state index contributed by atoms with van der Waals surface area (Å²) in [6, 6.07) is 7.03. The fourth-order valence-corrected chi connectivity index (χ4v) is 3.86. The van der Waals surface area contributed by atoms with Gasteiger partial charge in [-0.3, -0.25) is 0 Å². The number of carbonyl (C=O) groups excluding carboxylic acids is 1. The van der Waals surface area contributed by atoms with E-state index in [9.17, 15) is 13.2 Å². The quantitative estimate of drug-likeness (QED) is 0.790. The maximum atomic E-state index is 11.6. The van der Waals surface area contributed by atoms with E-state index in [2.05, 4.69) is 10.6 Å². The average Bonchev–Trinajstić information content (AvgIpc) is 2.74. The molecule has 116 valence electrons. The minimum atomic E-state index is -2.97. The zero-order valence-electron chi connectivity index (χ0n) is 12.0. The molecule has 0 aromatic heterocycles. The number of hydrogen-bond donors (Lipinski definition) is 2. The third kappa shape index (κ3) is 5.26. The maximum Gasteiger partial charge on any atom is 0.315 e. The zero-order chi connectivity index (χ0) is 15.3. The molecule has 1 saturated heterocycles. The number of ether oxygens (including phenoxy) is 1. The van der Waals surface area contributed by atoms with Crippen molar-refractivity contribution in [3.8, 4) is 5.75 Å². The van der Waals surface area contributed by atoms with Crippen molar-refractivity contribution in [3.63, 3.8) is 0 Å². The van der Waals surface area contributed by atoms with E-state index in [0.717, 1.165) is 11.3 Å². The Labute approximate surface area is 124 Å². The lowest BCUT2D eigenvalue weighted by Gasteiger charge is -2.12. The van der Waals surface area contributed by atoms with Crippen LogP contribution in [0.3, 0.4) is 0 Å². The molecule has 1 aliphatic heterocycles. The number of benzene rings is 1. The molecule has 1 unspecified atom stereocenters. The molecule has 0 radical (unpaired) electrons. The van der Waals surface area contributed by atoms with Gasteiger partial charge in [-0.15, -0.1) is 0 Å². The van der Waals surface area contributed by atoms with E-state index >= 15 is 0 Å². The van der Waals surface area contributed by atoms with Crippen LogP contribution in [0.25, 0.3) is 0 Å². The second-order valence-corrected chi connectivity index (χ2v) is 7.39.